The van der Waals surface area contributed by atoms with Crippen LogP contribution >= 0.6 is 0 Å². The average Bonchev–Trinajstić information content (AvgIpc) is 1.83. The van der Waals surface area contributed by atoms with Crippen LogP contribution in [0, 0.1) is 0 Å². The summed E-state index contributed by atoms with van der Waals surface area (Å²) < 4.78 is 0. The Kier molecular flexibility index (Phi) is 3.70. The zero-order chi connectivity index (χ0) is 6.41. The molecule has 0 saturated carbocycles. The van der Waals surface area contributed by atoms with Gasteiger partial charge < -0.3 is 0 Å². The second kappa shape index (κ2) is 4.21. The van der Waals surface area contributed by atoms with E-state index in [0.717, 1.165) is 12.0 Å². The van der Waals surface area contributed by atoms with E-state index >= 15 is 0 Å². The van der Waals surface area contributed by atoms with Crippen LogP contribution in [0.2, 0.25) is 0 Å². The van der Waals surface area contributed by atoms with E-state index in [9.17, 15) is 0 Å². The smallest absolute Gasteiger partial charge is 0.00149 e. The zero-order valence-corrected chi connectivity index (χ0v) is 5.20. The third-order valence-corrected chi connectivity index (χ3v) is 0.876. The van der Waals surface area contributed by atoms with Crippen molar-refractivity contribution in [2.75, 3.05) is 0 Å². The van der Waals surface area contributed by atoms with Gasteiger partial charge >= 0.3 is 0 Å². The lowest BCUT2D eigenvalue weighted by Crippen LogP contribution is -1.65. The van der Waals surface area contributed by atoms with Gasteiger partial charge in [0.25, 0.3) is 0 Å². The molecule has 0 saturated heterocycles. The summed E-state index contributed by atoms with van der Waals surface area (Å²) in [4.78, 5) is 0. The summed E-state index contributed by atoms with van der Waals surface area (Å²) >= 11 is 0. The molecule has 0 nitrogen and oxygen atoms in total. The Balaban J connectivity index is 4.31. The summed E-state index contributed by atoms with van der Waals surface area (Å²) in [5.74, 6) is 0. The molecule has 0 aromatic carbocycles. The minimum absolute atomic E-state index is 0.950. The van der Waals surface area contributed by atoms with Crippen LogP contribution in [0.4, 0.5) is 0 Å². The fourth-order valence-corrected chi connectivity index (χ4v) is 0.397. The molecule has 0 rings (SSSR count). The maximum atomic E-state index is 3.58. The van der Waals surface area contributed by atoms with Gasteiger partial charge in [-0.05, 0) is 13.0 Å². The monoisotopic (exact) mass is 106 g/mol. The molecule has 0 aliphatic carbocycles. The molecule has 0 radical (unpaired) electrons. The van der Waals surface area contributed by atoms with Crippen molar-refractivity contribution in [1.82, 2.24) is 0 Å². The van der Waals surface area contributed by atoms with Crippen LogP contribution in [0.1, 0.15) is 13.3 Å². The van der Waals surface area contributed by atoms with Gasteiger partial charge in [0.2, 0.25) is 0 Å². The first-order chi connectivity index (χ1) is 3.85. The molecular weight excluding hydrogens is 96.1 g/mol. The first-order valence-electron chi connectivity index (χ1n) is 2.61. The summed E-state index contributed by atoms with van der Waals surface area (Å²) in [5.41, 5.74) is 6.44. The van der Waals surface area contributed by atoms with E-state index < -0.39 is 0 Å². The van der Waals surface area contributed by atoms with Gasteiger partial charge in [0, 0.05) is 5.57 Å². The minimum Gasteiger partial charge on any atom is -0.0982 e. The van der Waals surface area contributed by atoms with E-state index in [1.54, 1.807) is 6.08 Å². The van der Waals surface area contributed by atoms with Gasteiger partial charge in [-0.15, -0.1) is 0 Å². The van der Waals surface area contributed by atoms with Crippen LogP contribution in [0.15, 0.2) is 36.3 Å². The predicted molar refractivity (Wildman–Crippen MR) is 36.7 cm³/mol. The molecule has 0 fully saturated rings. The van der Waals surface area contributed by atoms with E-state index in [-0.39, 0.29) is 0 Å². The number of allylic oxidation sites excluding steroid dienone is 2. The first-order valence-corrected chi connectivity index (χ1v) is 2.61. The number of hydrogen-bond donors (Lipinski definition) is 0. The molecule has 0 aliphatic heterocycles. The molecular formula is C8H10. The lowest BCUT2D eigenvalue weighted by atomic mass is 10.2. The summed E-state index contributed by atoms with van der Waals surface area (Å²) in [5, 5.41) is 0. The van der Waals surface area contributed by atoms with Crippen molar-refractivity contribution in [3.8, 4) is 0 Å². The third-order valence-electron chi connectivity index (χ3n) is 0.876. The van der Waals surface area contributed by atoms with Gasteiger partial charge in [0.05, 0.1) is 0 Å². The van der Waals surface area contributed by atoms with Crippen LogP contribution in [0.25, 0.3) is 0 Å². The fourth-order valence-electron chi connectivity index (χ4n) is 0.397. The molecule has 0 unspecified atom stereocenters. The van der Waals surface area contributed by atoms with Gasteiger partial charge in [-0.2, -0.15) is 0 Å². The highest BCUT2D eigenvalue weighted by atomic mass is 13.8. The number of hydrogen-bond acceptors (Lipinski definition) is 0. The van der Waals surface area contributed by atoms with Crippen LogP contribution in [0.5, 0.6) is 0 Å². The Bertz CT molecular complexity index is 151. The Labute approximate surface area is 50.5 Å². The minimum atomic E-state index is 0.950. The van der Waals surface area contributed by atoms with Gasteiger partial charge in [0.15, 0.2) is 0 Å². The molecule has 0 N–H and O–H groups in total. The lowest BCUT2D eigenvalue weighted by Gasteiger charge is -1.83. The highest BCUT2D eigenvalue weighted by Gasteiger charge is 1.77. The van der Waals surface area contributed by atoms with Crippen molar-refractivity contribution in [2.24, 2.45) is 0 Å². The lowest BCUT2D eigenvalue weighted by molar-refractivity contribution is 1.16. The zero-order valence-electron chi connectivity index (χ0n) is 5.20. The highest BCUT2D eigenvalue weighted by Crippen LogP contribution is 1.95. The first kappa shape index (κ1) is 7.04. The van der Waals surface area contributed by atoms with Crippen molar-refractivity contribution in [2.45, 2.75) is 13.3 Å². The fraction of sp³-hybridized carbons (Fsp3) is 0.250. The molecule has 0 heteroatoms. The Morgan fingerprint density at radius 3 is 2.50 bits per heavy atom. The van der Waals surface area contributed by atoms with E-state index in [0.29, 0.717) is 0 Å². The van der Waals surface area contributed by atoms with Crippen molar-refractivity contribution in [3.05, 3.63) is 36.3 Å². The van der Waals surface area contributed by atoms with Crippen LogP contribution in [0.3, 0.4) is 0 Å². The van der Waals surface area contributed by atoms with Crippen LogP contribution in [-0.2, 0) is 0 Å². The number of rotatable bonds is 2. The summed E-state index contributed by atoms with van der Waals surface area (Å²) in [6, 6.07) is 0. The molecule has 0 aliphatic rings. The summed E-state index contributed by atoms with van der Waals surface area (Å²) in [7, 11) is 0. The normalized spacial score (nSPS) is 6.62. The van der Waals surface area contributed by atoms with Gasteiger partial charge in [-0.3, -0.25) is 0 Å². The molecule has 0 bridgehead atoms. The molecule has 8 heavy (non-hydrogen) atoms. The molecule has 0 aromatic heterocycles. The topological polar surface area (TPSA) is 0 Å². The van der Waals surface area contributed by atoms with Crippen LogP contribution in [-0.4, -0.2) is 0 Å². The van der Waals surface area contributed by atoms with Crippen molar-refractivity contribution in [1.29, 1.82) is 0 Å². The Hall–Kier alpha value is -0.960. The Morgan fingerprint density at radius 2 is 2.38 bits per heavy atom. The largest absolute Gasteiger partial charge is 0.0982 e. The molecule has 0 atom stereocenters. The van der Waals surface area contributed by atoms with E-state index in [2.05, 4.69) is 24.6 Å². The Morgan fingerprint density at radius 1 is 1.75 bits per heavy atom. The molecule has 0 heterocycles. The van der Waals surface area contributed by atoms with Crippen molar-refractivity contribution in [3.63, 3.8) is 0 Å². The van der Waals surface area contributed by atoms with E-state index in [1.165, 1.54) is 0 Å². The molecule has 42 valence electrons. The maximum Gasteiger partial charge on any atom is 0.00149 e. The average molecular weight is 106 g/mol. The second-order valence-electron chi connectivity index (χ2n) is 1.38. The van der Waals surface area contributed by atoms with Gasteiger partial charge in [-0.1, -0.05) is 31.0 Å². The summed E-state index contributed by atoms with van der Waals surface area (Å²) in [6.45, 7) is 9.02. The van der Waals surface area contributed by atoms with Crippen molar-refractivity contribution < 1.29 is 0 Å². The van der Waals surface area contributed by atoms with Crippen molar-refractivity contribution >= 4 is 0 Å². The van der Waals surface area contributed by atoms with Gasteiger partial charge in [-0.25, -0.2) is 0 Å². The van der Waals surface area contributed by atoms with E-state index in [1.807, 2.05) is 6.92 Å². The quantitative estimate of drug-likeness (QED) is 0.374. The SMILES string of the molecule is C=C=C=C(C=C)CC. The highest BCUT2D eigenvalue weighted by molar-refractivity contribution is 5.13. The predicted octanol–water partition coefficient (Wildman–Crippen LogP) is 2.45. The molecule has 0 amide bonds. The third kappa shape index (κ3) is 2.25. The van der Waals surface area contributed by atoms with Gasteiger partial charge in [0.1, 0.15) is 0 Å². The maximum absolute atomic E-state index is 3.58. The van der Waals surface area contributed by atoms with Crippen LogP contribution < -0.4 is 0 Å². The molecule has 0 spiro atoms. The standard InChI is InChI=1S/C8H10/c1-4-7-8(5-2)6-3/h5H,1-2,6H2,3H3. The molecule has 0 aromatic rings. The summed E-state index contributed by atoms with van der Waals surface area (Å²) in [6.07, 6.45) is 2.71. The second-order valence-corrected chi connectivity index (χ2v) is 1.38. The van der Waals surface area contributed by atoms with E-state index in [4.69, 9.17) is 0 Å².